The average molecular weight is 755 g/mol. The normalized spacial score (nSPS) is 13.1. The van der Waals surface area contributed by atoms with Crippen molar-refractivity contribution in [3.8, 4) is 56.4 Å². The summed E-state index contributed by atoms with van der Waals surface area (Å²) >= 11 is 0. The SMILES string of the molecule is CC1(C)c2ccccc2-c2c1c1c3ccccc3n(-c3ccccc3)c1c1c2c2ccccc2n1-c1ccc(-c2nc(-c3ccccc3)cc(-c3ccccc3)n2)cc1. The first-order chi connectivity index (χ1) is 29.1. The molecule has 0 unspecified atom stereocenters. The molecular weight excluding hydrogens is 717 g/mol. The third kappa shape index (κ3) is 4.90. The monoisotopic (exact) mass is 754 g/mol. The topological polar surface area (TPSA) is 35.6 Å². The van der Waals surface area contributed by atoms with Gasteiger partial charge >= 0.3 is 0 Å². The van der Waals surface area contributed by atoms with Crippen molar-refractivity contribution in [3.05, 3.63) is 205 Å². The molecule has 0 radical (unpaired) electrons. The molecule has 12 rings (SSSR count). The molecular formula is C55H38N4. The van der Waals surface area contributed by atoms with Gasteiger partial charge in [0.15, 0.2) is 5.82 Å². The molecule has 0 saturated carbocycles. The molecule has 0 spiro atoms. The zero-order valence-electron chi connectivity index (χ0n) is 32.8. The van der Waals surface area contributed by atoms with Crippen LogP contribution in [0.4, 0.5) is 0 Å². The van der Waals surface area contributed by atoms with Crippen LogP contribution in [0.5, 0.6) is 0 Å². The lowest BCUT2D eigenvalue weighted by atomic mass is 9.80. The van der Waals surface area contributed by atoms with E-state index >= 15 is 0 Å². The van der Waals surface area contributed by atoms with Crippen molar-refractivity contribution < 1.29 is 0 Å². The fraction of sp³-hybridized carbons (Fsp3) is 0.0545. The van der Waals surface area contributed by atoms with E-state index in [9.17, 15) is 0 Å². The number of fused-ring (bicyclic) bond motifs is 12. The van der Waals surface area contributed by atoms with Crippen LogP contribution < -0.4 is 0 Å². The van der Waals surface area contributed by atoms with Crippen LogP contribution in [-0.4, -0.2) is 19.1 Å². The highest BCUT2D eigenvalue weighted by Crippen LogP contribution is 2.58. The second-order valence-electron chi connectivity index (χ2n) is 16.1. The molecule has 0 bridgehead atoms. The standard InChI is InChI=1S/C55H38N4/c1-55(2)43-27-15-12-24-40(43)48-49-41-25-13-16-28-46(41)59(52(49)53-50(51(48)55)42-26-14-17-29-47(42)58(53)38-22-10-5-11-23-38)39-32-30-37(31-33-39)54-56-44(35-18-6-3-7-19-35)34-45(57-54)36-20-8-4-9-21-36/h3-34H,1-2H3. The minimum absolute atomic E-state index is 0.220. The van der Waals surface area contributed by atoms with Crippen molar-refractivity contribution in [3.63, 3.8) is 0 Å². The summed E-state index contributed by atoms with van der Waals surface area (Å²) in [5, 5.41) is 5.11. The second-order valence-corrected chi connectivity index (χ2v) is 16.1. The largest absolute Gasteiger partial charge is 0.307 e. The van der Waals surface area contributed by atoms with Crippen LogP contribution in [0.1, 0.15) is 25.0 Å². The third-order valence-electron chi connectivity index (χ3n) is 12.5. The molecule has 1 aliphatic carbocycles. The molecule has 0 amide bonds. The Morgan fingerprint density at radius 2 is 0.898 bits per heavy atom. The maximum absolute atomic E-state index is 5.16. The number of aromatic nitrogens is 4. The summed E-state index contributed by atoms with van der Waals surface area (Å²) in [4.78, 5) is 10.3. The van der Waals surface area contributed by atoms with E-state index in [1.54, 1.807) is 0 Å². The summed E-state index contributed by atoms with van der Waals surface area (Å²) in [7, 11) is 0. The number of hydrogen-bond acceptors (Lipinski definition) is 2. The van der Waals surface area contributed by atoms with Crippen LogP contribution in [0.2, 0.25) is 0 Å². The summed E-state index contributed by atoms with van der Waals surface area (Å²) in [6.45, 7) is 4.82. The lowest BCUT2D eigenvalue weighted by molar-refractivity contribution is 0.667. The Labute approximate surface area is 342 Å². The van der Waals surface area contributed by atoms with E-state index in [0.29, 0.717) is 5.82 Å². The lowest BCUT2D eigenvalue weighted by Crippen LogP contribution is -2.15. The number of rotatable bonds is 5. The van der Waals surface area contributed by atoms with Gasteiger partial charge in [0.2, 0.25) is 0 Å². The minimum Gasteiger partial charge on any atom is -0.307 e. The fourth-order valence-corrected chi connectivity index (χ4v) is 9.92. The Morgan fingerprint density at radius 3 is 1.51 bits per heavy atom. The second kappa shape index (κ2) is 12.7. The molecule has 0 N–H and O–H groups in total. The maximum Gasteiger partial charge on any atom is 0.160 e. The van der Waals surface area contributed by atoms with E-state index in [1.807, 2.05) is 12.1 Å². The molecule has 0 aliphatic heterocycles. The van der Waals surface area contributed by atoms with Crippen molar-refractivity contribution in [1.29, 1.82) is 0 Å². The van der Waals surface area contributed by atoms with Gasteiger partial charge in [-0.3, -0.25) is 0 Å². The first-order valence-electron chi connectivity index (χ1n) is 20.3. The Kier molecular flexibility index (Phi) is 7.24. The van der Waals surface area contributed by atoms with Crippen molar-refractivity contribution in [2.75, 3.05) is 0 Å². The van der Waals surface area contributed by atoms with Crippen LogP contribution >= 0.6 is 0 Å². The summed E-state index contributed by atoms with van der Waals surface area (Å²) in [6, 6.07) is 69.5. The van der Waals surface area contributed by atoms with Crippen LogP contribution in [0.25, 0.3) is 100 Å². The number of nitrogens with zero attached hydrogens (tertiary/aromatic N) is 4. The van der Waals surface area contributed by atoms with E-state index in [-0.39, 0.29) is 5.41 Å². The highest BCUT2D eigenvalue weighted by Gasteiger charge is 2.41. The van der Waals surface area contributed by atoms with E-state index in [0.717, 1.165) is 39.5 Å². The van der Waals surface area contributed by atoms with Crippen molar-refractivity contribution in [2.45, 2.75) is 19.3 Å². The highest BCUT2D eigenvalue weighted by atomic mass is 15.0. The smallest absolute Gasteiger partial charge is 0.160 e. The zero-order chi connectivity index (χ0) is 39.2. The Bertz CT molecular complexity index is 3370. The molecule has 1 aliphatic rings. The fourth-order valence-electron chi connectivity index (χ4n) is 9.92. The predicted octanol–water partition coefficient (Wildman–Crippen LogP) is 14.0. The van der Waals surface area contributed by atoms with Crippen LogP contribution in [0, 0.1) is 0 Å². The molecule has 59 heavy (non-hydrogen) atoms. The van der Waals surface area contributed by atoms with E-state index in [4.69, 9.17) is 9.97 Å². The van der Waals surface area contributed by atoms with Crippen LogP contribution in [0.3, 0.4) is 0 Å². The van der Waals surface area contributed by atoms with Gasteiger partial charge in [0, 0.05) is 55.0 Å². The van der Waals surface area contributed by atoms with E-state index in [2.05, 4.69) is 205 Å². The summed E-state index contributed by atoms with van der Waals surface area (Å²) in [5.74, 6) is 0.697. The third-order valence-corrected chi connectivity index (χ3v) is 12.5. The lowest BCUT2D eigenvalue weighted by Gasteiger charge is -2.23. The van der Waals surface area contributed by atoms with Gasteiger partial charge in [-0.2, -0.15) is 0 Å². The van der Waals surface area contributed by atoms with E-state index < -0.39 is 0 Å². The number of hydrogen-bond donors (Lipinski definition) is 0. The van der Waals surface area contributed by atoms with Crippen molar-refractivity contribution in [2.24, 2.45) is 0 Å². The maximum atomic E-state index is 5.16. The van der Waals surface area contributed by atoms with E-state index in [1.165, 1.54) is 65.9 Å². The van der Waals surface area contributed by atoms with Gasteiger partial charge in [-0.05, 0) is 76.9 Å². The van der Waals surface area contributed by atoms with Crippen molar-refractivity contribution in [1.82, 2.24) is 19.1 Å². The molecule has 3 heterocycles. The molecule has 0 fully saturated rings. The molecule has 4 nitrogen and oxygen atoms in total. The van der Waals surface area contributed by atoms with Gasteiger partial charge in [-0.15, -0.1) is 0 Å². The first kappa shape index (κ1) is 33.6. The van der Waals surface area contributed by atoms with Crippen LogP contribution in [-0.2, 0) is 5.41 Å². The molecule has 11 aromatic rings. The molecule has 0 saturated heterocycles. The molecule has 278 valence electrons. The minimum atomic E-state index is -0.220. The summed E-state index contributed by atoms with van der Waals surface area (Å²) in [6.07, 6.45) is 0. The average Bonchev–Trinajstić information content (AvgIpc) is 3.90. The Balaban J connectivity index is 1.18. The van der Waals surface area contributed by atoms with Crippen LogP contribution in [0.15, 0.2) is 194 Å². The van der Waals surface area contributed by atoms with Gasteiger partial charge in [0.25, 0.3) is 0 Å². The van der Waals surface area contributed by atoms with Gasteiger partial charge in [0.05, 0.1) is 33.5 Å². The zero-order valence-corrected chi connectivity index (χ0v) is 32.8. The molecule has 3 aromatic heterocycles. The molecule has 8 aromatic carbocycles. The number of benzene rings is 8. The highest BCUT2D eigenvalue weighted by molar-refractivity contribution is 6.31. The van der Waals surface area contributed by atoms with Gasteiger partial charge in [-0.1, -0.05) is 153 Å². The molecule has 0 atom stereocenters. The molecule has 4 heteroatoms. The quantitative estimate of drug-likeness (QED) is 0.175. The number of para-hydroxylation sites is 3. The Hall–Kier alpha value is -7.56. The Morgan fingerprint density at radius 1 is 0.424 bits per heavy atom. The van der Waals surface area contributed by atoms with Gasteiger partial charge in [0.1, 0.15) is 0 Å². The summed E-state index contributed by atoms with van der Waals surface area (Å²) in [5.41, 5.74) is 17.1. The first-order valence-corrected chi connectivity index (χ1v) is 20.3. The van der Waals surface area contributed by atoms with Crippen molar-refractivity contribution >= 4 is 43.6 Å². The predicted molar refractivity (Wildman–Crippen MR) is 245 cm³/mol. The van der Waals surface area contributed by atoms with Gasteiger partial charge in [-0.25, -0.2) is 9.97 Å². The van der Waals surface area contributed by atoms with Gasteiger partial charge < -0.3 is 9.13 Å². The summed E-state index contributed by atoms with van der Waals surface area (Å²) < 4.78 is 5.00.